The van der Waals surface area contributed by atoms with Gasteiger partial charge in [0.1, 0.15) is 34.2 Å². The van der Waals surface area contributed by atoms with Gasteiger partial charge in [0.05, 0.1) is 33.4 Å². The van der Waals surface area contributed by atoms with Gasteiger partial charge in [0, 0.05) is 105 Å². The SMILES string of the molecule is c1ccc2c(c1)CCCN2c1cc(Oc2ccc3c(c2)oc2cc(Oc4cc(N5CCCc6ccccc65)cc(-n5c6ccccc6c6ccccc65)c4)ccc23)cc(-n2c3ccccc3c3ccccc32)c1. The van der Waals surface area contributed by atoms with Crippen LogP contribution in [0, 0.1) is 0 Å². The van der Waals surface area contributed by atoms with E-state index in [4.69, 9.17) is 13.9 Å². The second-order valence-electron chi connectivity index (χ2n) is 19.5. The summed E-state index contributed by atoms with van der Waals surface area (Å²) in [4.78, 5) is 4.89. The van der Waals surface area contributed by atoms with Gasteiger partial charge in [-0.25, -0.2) is 0 Å². The fraction of sp³-hybridized carbons (Fsp3) is 0.0909. The zero-order valence-electron chi connectivity index (χ0n) is 40.0. The van der Waals surface area contributed by atoms with Gasteiger partial charge in [0.25, 0.3) is 0 Å². The Morgan fingerprint density at radius 2 is 0.685 bits per heavy atom. The van der Waals surface area contributed by atoms with Crippen LogP contribution in [-0.2, 0) is 12.8 Å². The van der Waals surface area contributed by atoms with E-state index in [0.717, 1.165) is 117 Å². The summed E-state index contributed by atoms with van der Waals surface area (Å²) in [5.74, 6) is 2.89. The smallest absolute Gasteiger partial charge is 0.139 e. The Morgan fingerprint density at radius 1 is 0.315 bits per heavy atom. The molecule has 0 radical (unpaired) electrons. The highest BCUT2D eigenvalue weighted by molar-refractivity contribution is 6.10. The van der Waals surface area contributed by atoms with Gasteiger partial charge in [-0.05, 0) is 110 Å². The van der Waals surface area contributed by atoms with Crippen molar-refractivity contribution < 1.29 is 13.9 Å². The average molecular weight is 945 g/mol. The molecule has 0 fully saturated rings. The molecule has 0 aliphatic carbocycles. The molecule has 0 amide bonds. The third kappa shape index (κ3) is 6.95. The molecule has 0 saturated carbocycles. The summed E-state index contributed by atoms with van der Waals surface area (Å²) < 4.78 is 25.3. The number of aromatic nitrogens is 2. The minimum Gasteiger partial charge on any atom is -0.457 e. The molecular weight excluding hydrogens is 897 g/mol. The second kappa shape index (κ2) is 16.7. The summed E-state index contributed by atoms with van der Waals surface area (Å²) in [5.41, 5.74) is 15.6. The molecule has 7 nitrogen and oxygen atoms in total. The Kier molecular flexibility index (Phi) is 9.52. The van der Waals surface area contributed by atoms with E-state index >= 15 is 0 Å². The maximum Gasteiger partial charge on any atom is 0.139 e. The molecule has 7 heteroatoms. The normalized spacial score (nSPS) is 13.6. The van der Waals surface area contributed by atoms with Crippen LogP contribution in [0.15, 0.2) is 223 Å². The fourth-order valence-electron chi connectivity index (χ4n) is 12.0. The number of nitrogens with zero attached hydrogens (tertiary/aromatic N) is 4. The number of fused-ring (bicyclic) bond motifs is 11. The number of rotatable bonds is 8. The van der Waals surface area contributed by atoms with Crippen molar-refractivity contribution in [2.75, 3.05) is 22.9 Å². The van der Waals surface area contributed by atoms with Gasteiger partial charge in [-0.2, -0.15) is 0 Å². The van der Waals surface area contributed by atoms with Crippen molar-refractivity contribution in [2.24, 2.45) is 0 Å². The highest BCUT2D eigenvalue weighted by Gasteiger charge is 2.24. The summed E-state index contributed by atoms with van der Waals surface area (Å²) in [5, 5.41) is 6.91. The van der Waals surface area contributed by atoms with E-state index in [2.05, 4.69) is 213 Å². The zero-order valence-corrected chi connectivity index (χ0v) is 40.0. The van der Waals surface area contributed by atoms with Crippen molar-refractivity contribution >= 4 is 88.3 Å². The third-order valence-electron chi connectivity index (χ3n) is 15.2. The van der Waals surface area contributed by atoms with Gasteiger partial charge < -0.3 is 32.8 Å². The number of para-hydroxylation sites is 6. The first-order valence-corrected chi connectivity index (χ1v) is 25.5. The summed E-state index contributed by atoms with van der Waals surface area (Å²) in [7, 11) is 0. The van der Waals surface area contributed by atoms with Crippen molar-refractivity contribution in [3.8, 4) is 34.4 Å². The lowest BCUT2D eigenvalue weighted by Crippen LogP contribution is -2.24. The number of aryl methyl sites for hydroxylation is 2. The molecule has 350 valence electrons. The van der Waals surface area contributed by atoms with Crippen molar-refractivity contribution in [1.82, 2.24) is 9.13 Å². The molecule has 0 unspecified atom stereocenters. The van der Waals surface area contributed by atoms with E-state index in [1.165, 1.54) is 44.0 Å². The predicted molar refractivity (Wildman–Crippen MR) is 299 cm³/mol. The van der Waals surface area contributed by atoms with E-state index in [1.807, 2.05) is 24.3 Å². The molecule has 0 N–H and O–H groups in total. The van der Waals surface area contributed by atoms with Crippen molar-refractivity contribution in [2.45, 2.75) is 25.7 Å². The topological polar surface area (TPSA) is 47.9 Å². The van der Waals surface area contributed by atoms with Gasteiger partial charge in [-0.15, -0.1) is 0 Å². The molecule has 13 aromatic rings. The Morgan fingerprint density at radius 3 is 1.11 bits per heavy atom. The van der Waals surface area contributed by atoms with Gasteiger partial charge >= 0.3 is 0 Å². The molecule has 10 aromatic carbocycles. The first-order valence-electron chi connectivity index (χ1n) is 25.5. The van der Waals surface area contributed by atoms with Crippen LogP contribution in [0.5, 0.6) is 23.0 Å². The van der Waals surface area contributed by atoms with Crippen LogP contribution in [0.1, 0.15) is 24.0 Å². The molecular formula is C66H48N4O3. The second-order valence-corrected chi connectivity index (χ2v) is 19.5. The van der Waals surface area contributed by atoms with Crippen LogP contribution >= 0.6 is 0 Å². The molecule has 2 aliphatic heterocycles. The fourth-order valence-corrected chi connectivity index (χ4v) is 12.0. The lowest BCUT2D eigenvalue weighted by molar-refractivity contribution is 0.481. The molecule has 0 saturated heterocycles. The summed E-state index contributed by atoms with van der Waals surface area (Å²) in [6.07, 6.45) is 4.29. The summed E-state index contributed by atoms with van der Waals surface area (Å²) in [6.45, 7) is 1.84. The maximum atomic E-state index is 6.92. The van der Waals surface area contributed by atoms with E-state index in [0.29, 0.717) is 11.5 Å². The Balaban J connectivity index is 0.804. The maximum absolute atomic E-state index is 6.92. The van der Waals surface area contributed by atoms with E-state index in [9.17, 15) is 0 Å². The van der Waals surface area contributed by atoms with Crippen LogP contribution in [0.3, 0.4) is 0 Å². The number of benzene rings is 10. The highest BCUT2D eigenvalue weighted by Crippen LogP contribution is 2.44. The number of ether oxygens (including phenoxy) is 2. The summed E-state index contributed by atoms with van der Waals surface area (Å²) >= 11 is 0. The minimum atomic E-state index is 0.695. The van der Waals surface area contributed by atoms with Gasteiger partial charge in [0.15, 0.2) is 0 Å². The van der Waals surface area contributed by atoms with Crippen molar-refractivity contribution in [3.63, 3.8) is 0 Å². The van der Waals surface area contributed by atoms with E-state index in [-0.39, 0.29) is 0 Å². The highest BCUT2D eigenvalue weighted by atomic mass is 16.5. The predicted octanol–water partition coefficient (Wildman–Crippen LogP) is 17.5. The molecule has 15 rings (SSSR count). The Hall–Kier alpha value is -9.20. The molecule has 5 heterocycles. The van der Waals surface area contributed by atoms with Crippen molar-refractivity contribution in [1.29, 1.82) is 0 Å². The quantitative estimate of drug-likeness (QED) is 0.152. The van der Waals surface area contributed by atoms with Gasteiger partial charge in [0.2, 0.25) is 0 Å². The molecule has 0 spiro atoms. The Bertz CT molecular complexity index is 3950. The van der Waals surface area contributed by atoms with Crippen LogP contribution < -0.4 is 19.3 Å². The van der Waals surface area contributed by atoms with Crippen LogP contribution in [0.4, 0.5) is 22.7 Å². The monoisotopic (exact) mass is 944 g/mol. The number of hydrogen-bond donors (Lipinski definition) is 0. The standard InChI is InChI=1S/C66H48N4O3/c1-7-23-59-43(15-1)17-13-33-67(59)45-35-47(69-61-25-9-3-19-53(61)54-20-4-10-26-62(54)69)39-51(37-45)71-49-29-31-57-58-32-30-50(42-66(58)73-65(57)41-49)72-52-38-46(68-34-14-18-44-16-2-8-24-60(44)68)36-48(40-52)70-63-27-11-5-21-55(63)56-22-6-12-28-64(56)70/h1-12,15-16,19-32,35-42H,13-14,17-18,33-34H2. The zero-order chi connectivity index (χ0) is 48.0. The molecule has 3 aromatic heterocycles. The number of hydrogen-bond acceptors (Lipinski definition) is 5. The van der Waals surface area contributed by atoms with Crippen LogP contribution in [0.25, 0.3) is 76.9 Å². The molecule has 2 aliphatic rings. The lowest BCUT2D eigenvalue weighted by Gasteiger charge is -2.32. The largest absolute Gasteiger partial charge is 0.457 e. The number of furan rings is 1. The van der Waals surface area contributed by atoms with Crippen LogP contribution in [0.2, 0.25) is 0 Å². The number of anilines is 4. The Labute approximate surface area is 421 Å². The third-order valence-corrected chi connectivity index (χ3v) is 15.2. The first kappa shape index (κ1) is 41.6. The lowest BCUT2D eigenvalue weighted by atomic mass is 10.0. The van der Waals surface area contributed by atoms with Crippen LogP contribution in [-0.4, -0.2) is 22.2 Å². The van der Waals surface area contributed by atoms with E-state index in [1.54, 1.807) is 0 Å². The average Bonchev–Trinajstić information content (AvgIpc) is 4.10. The minimum absolute atomic E-state index is 0.695. The molecule has 73 heavy (non-hydrogen) atoms. The summed E-state index contributed by atoms with van der Waals surface area (Å²) in [6, 6.07) is 77.8. The van der Waals surface area contributed by atoms with Crippen molar-refractivity contribution in [3.05, 3.63) is 230 Å². The molecule has 0 bridgehead atoms. The van der Waals surface area contributed by atoms with Gasteiger partial charge in [-0.3, -0.25) is 0 Å². The van der Waals surface area contributed by atoms with Gasteiger partial charge in [-0.1, -0.05) is 109 Å². The molecule has 0 atom stereocenters. The first-order chi connectivity index (χ1) is 36.1. The van der Waals surface area contributed by atoms with E-state index < -0.39 is 0 Å².